The zero-order valence-corrected chi connectivity index (χ0v) is 13.6. The van der Waals surface area contributed by atoms with E-state index in [4.69, 9.17) is 0 Å². The molecule has 3 heteroatoms. The first-order valence-corrected chi connectivity index (χ1v) is 8.03. The van der Waals surface area contributed by atoms with E-state index >= 15 is 0 Å². The number of aliphatic hydroxyl groups excluding tert-OH is 1. The number of likely N-dealkylation sites (N-methyl/N-ethyl adjacent to an activating group) is 1. The Labute approximate surface area is 119 Å². The van der Waals surface area contributed by atoms with Gasteiger partial charge in [-0.05, 0) is 58.5 Å². The molecular weight excluding hydrogens is 236 g/mol. The molecule has 1 fully saturated rings. The Morgan fingerprint density at radius 2 is 1.95 bits per heavy atom. The van der Waals surface area contributed by atoms with Crippen LogP contribution >= 0.6 is 0 Å². The highest BCUT2D eigenvalue weighted by atomic mass is 16.3. The van der Waals surface area contributed by atoms with Crippen LogP contribution in [0.4, 0.5) is 0 Å². The fourth-order valence-electron chi connectivity index (χ4n) is 2.96. The number of hydrogen-bond acceptors (Lipinski definition) is 3. The van der Waals surface area contributed by atoms with Crippen molar-refractivity contribution >= 4 is 0 Å². The normalized spacial score (nSPS) is 20.8. The van der Waals surface area contributed by atoms with Crippen LogP contribution in [0.2, 0.25) is 0 Å². The van der Waals surface area contributed by atoms with Gasteiger partial charge in [0, 0.05) is 17.6 Å². The third-order valence-corrected chi connectivity index (χ3v) is 4.25. The molecule has 3 nitrogen and oxygen atoms in total. The van der Waals surface area contributed by atoms with Crippen molar-refractivity contribution in [2.45, 2.75) is 77.9 Å². The highest BCUT2D eigenvalue weighted by Crippen LogP contribution is 2.31. The SMILES string of the molecule is CCNC(C)(CO)CC(C)N(CCC(C)C)C1CC1. The van der Waals surface area contributed by atoms with Gasteiger partial charge in [-0.2, -0.15) is 0 Å². The molecule has 0 amide bonds. The maximum atomic E-state index is 9.64. The van der Waals surface area contributed by atoms with E-state index in [2.05, 4.69) is 44.8 Å². The van der Waals surface area contributed by atoms with Gasteiger partial charge in [0.1, 0.15) is 0 Å². The summed E-state index contributed by atoms with van der Waals surface area (Å²) < 4.78 is 0. The Kier molecular flexibility index (Phi) is 6.78. The fourth-order valence-corrected chi connectivity index (χ4v) is 2.96. The van der Waals surface area contributed by atoms with Crippen molar-refractivity contribution in [1.82, 2.24) is 10.2 Å². The zero-order chi connectivity index (χ0) is 14.5. The molecule has 0 bridgehead atoms. The van der Waals surface area contributed by atoms with E-state index in [0.717, 1.165) is 24.9 Å². The number of hydrogen-bond donors (Lipinski definition) is 2. The van der Waals surface area contributed by atoms with Crippen LogP contribution in [0.15, 0.2) is 0 Å². The standard InChI is InChI=1S/C16H34N2O/c1-6-17-16(5,12-19)11-14(4)18(15-7-8-15)10-9-13(2)3/h13-15,17,19H,6-12H2,1-5H3. The molecule has 0 radical (unpaired) electrons. The van der Waals surface area contributed by atoms with Crippen LogP contribution in [-0.2, 0) is 0 Å². The average Bonchev–Trinajstić information content (AvgIpc) is 3.13. The summed E-state index contributed by atoms with van der Waals surface area (Å²) in [5.41, 5.74) is -0.140. The zero-order valence-electron chi connectivity index (χ0n) is 13.6. The van der Waals surface area contributed by atoms with Gasteiger partial charge in [-0.15, -0.1) is 0 Å². The monoisotopic (exact) mass is 270 g/mol. The molecule has 1 aliphatic carbocycles. The lowest BCUT2D eigenvalue weighted by Crippen LogP contribution is -2.51. The summed E-state index contributed by atoms with van der Waals surface area (Å²) in [4.78, 5) is 2.67. The molecule has 19 heavy (non-hydrogen) atoms. The summed E-state index contributed by atoms with van der Waals surface area (Å²) in [6, 6.07) is 1.35. The Morgan fingerprint density at radius 1 is 1.32 bits per heavy atom. The Hall–Kier alpha value is -0.120. The Balaban J connectivity index is 2.53. The quantitative estimate of drug-likeness (QED) is 0.640. The van der Waals surface area contributed by atoms with Crippen LogP contribution in [0.1, 0.15) is 60.3 Å². The van der Waals surface area contributed by atoms with Gasteiger partial charge in [0.25, 0.3) is 0 Å². The lowest BCUT2D eigenvalue weighted by molar-refractivity contribution is 0.108. The first-order chi connectivity index (χ1) is 8.91. The van der Waals surface area contributed by atoms with Gasteiger partial charge in [-0.3, -0.25) is 4.90 Å². The predicted octanol–water partition coefficient (Wildman–Crippen LogP) is 2.64. The molecule has 0 aromatic rings. The largest absolute Gasteiger partial charge is 0.394 e. The third kappa shape index (κ3) is 5.80. The average molecular weight is 270 g/mol. The second-order valence-corrected chi connectivity index (χ2v) is 6.95. The van der Waals surface area contributed by atoms with Crippen molar-refractivity contribution in [2.24, 2.45) is 5.92 Å². The molecule has 0 spiro atoms. The maximum absolute atomic E-state index is 9.64. The number of nitrogens with one attached hydrogen (secondary N) is 1. The summed E-state index contributed by atoms with van der Waals surface area (Å²) in [7, 11) is 0. The molecule has 2 unspecified atom stereocenters. The summed E-state index contributed by atoms with van der Waals surface area (Å²) in [6.07, 6.45) is 5.02. The molecule has 0 heterocycles. The molecule has 114 valence electrons. The van der Waals surface area contributed by atoms with Crippen LogP contribution in [0.25, 0.3) is 0 Å². The third-order valence-electron chi connectivity index (χ3n) is 4.25. The molecule has 1 saturated carbocycles. The highest BCUT2D eigenvalue weighted by molar-refractivity contribution is 4.92. The van der Waals surface area contributed by atoms with Crippen molar-refractivity contribution in [3.8, 4) is 0 Å². The lowest BCUT2D eigenvalue weighted by atomic mass is 9.93. The maximum Gasteiger partial charge on any atom is 0.0611 e. The van der Waals surface area contributed by atoms with Crippen molar-refractivity contribution in [3.63, 3.8) is 0 Å². The van der Waals surface area contributed by atoms with Crippen molar-refractivity contribution in [1.29, 1.82) is 0 Å². The Morgan fingerprint density at radius 3 is 2.37 bits per heavy atom. The minimum Gasteiger partial charge on any atom is -0.394 e. The van der Waals surface area contributed by atoms with Crippen LogP contribution < -0.4 is 5.32 Å². The fraction of sp³-hybridized carbons (Fsp3) is 1.00. The molecule has 1 aliphatic rings. The van der Waals surface area contributed by atoms with Gasteiger partial charge in [0.15, 0.2) is 0 Å². The van der Waals surface area contributed by atoms with Gasteiger partial charge in [-0.1, -0.05) is 20.8 Å². The van der Waals surface area contributed by atoms with Gasteiger partial charge in [-0.25, -0.2) is 0 Å². The first-order valence-electron chi connectivity index (χ1n) is 8.03. The van der Waals surface area contributed by atoms with E-state index in [1.807, 2.05) is 0 Å². The molecule has 0 aromatic carbocycles. The molecule has 2 atom stereocenters. The minimum atomic E-state index is -0.140. The lowest BCUT2D eigenvalue weighted by Gasteiger charge is -2.37. The highest BCUT2D eigenvalue weighted by Gasteiger charge is 2.35. The van der Waals surface area contributed by atoms with E-state index in [-0.39, 0.29) is 12.1 Å². The summed E-state index contributed by atoms with van der Waals surface area (Å²) in [5, 5.41) is 13.1. The molecular formula is C16H34N2O. The van der Waals surface area contributed by atoms with Crippen LogP contribution in [0.5, 0.6) is 0 Å². The molecule has 1 rings (SSSR count). The van der Waals surface area contributed by atoms with E-state index < -0.39 is 0 Å². The number of aliphatic hydroxyl groups is 1. The predicted molar refractivity (Wildman–Crippen MR) is 82.4 cm³/mol. The first kappa shape index (κ1) is 16.9. The topological polar surface area (TPSA) is 35.5 Å². The van der Waals surface area contributed by atoms with Gasteiger partial charge in [0.2, 0.25) is 0 Å². The number of nitrogens with zero attached hydrogens (tertiary/aromatic N) is 1. The van der Waals surface area contributed by atoms with E-state index in [1.165, 1.54) is 25.8 Å². The smallest absolute Gasteiger partial charge is 0.0611 e. The van der Waals surface area contributed by atoms with Crippen LogP contribution in [0.3, 0.4) is 0 Å². The van der Waals surface area contributed by atoms with E-state index in [1.54, 1.807) is 0 Å². The van der Waals surface area contributed by atoms with Crippen LogP contribution in [-0.4, -0.2) is 47.3 Å². The summed E-state index contributed by atoms with van der Waals surface area (Å²) >= 11 is 0. The van der Waals surface area contributed by atoms with Gasteiger partial charge in [0.05, 0.1) is 6.61 Å². The Bertz CT molecular complexity index is 253. The second-order valence-electron chi connectivity index (χ2n) is 6.95. The molecule has 0 saturated heterocycles. The van der Waals surface area contributed by atoms with Gasteiger partial charge < -0.3 is 10.4 Å². The van der Waals surface area contributed by atoms with E-state index in [0.29, 0.717) is 6.04 Å². The minimum absolute atomic E-state index is 0.140. The molecule has 0 aliphatic heterocycles. The van der Waals surface area contributed by atoms with Crippen molar-refractivity contribution in [3.05, 3.63) is 0 Å². The van der Waals surface area contributed by atoms with Crippen molar-refractivity contribution in [2.75, 3.05) is 19.7 Å². The van der Waals surface area contributed by atoms with Crippen molar-refractivity contribution < 1.29 is 5.11 Å². The second kappa shape index (κ2) is 7.61. The van der Waals surface area contributed by atoms with Gasteiger partial charge >= 0.3 is 0 Å². The summed E-state index contributed by atoms with van der Waals surface area (Å²) in [5.74, 6) is 0.770. The molecule has 0 aromatic heterocycles. The molecule has 2 N–H and O–H groups in total. The van der Waals surface area contributed by atoms with Crippen LogP contribution in [0, 0.1) is 5.92 Å². The van der Waals surface area contributed by atoms with E-state index in [9.17, 15) is 5.11 Å². The number of rotatable bonds is 10. The summed E-state index contributed by atoms with van der Waals surface area (Å²) in [6.45, 7) is 13.5.